The third kappa shape index (κ3) is 3.03. The van der Waals surface area contributed by atoms with E-state index in [0.29, 0.717) is 15.6 Å². The van der Waals surface area contributed by atoms with Crippen molar-refractivity contribution < 1.29 is 9.59 Å². The molecule has 2 nitrogen and oxygen atoms in total. The van der Waals surface area contributed by atoms with E-state index in [-0.39, 0.29) is 5.78 Å². The van der Waals surface area contributed by atoms with E-state index in [2.05, 4.69) is 15.9 Å². The smallest absolute Gasteiger partial charge is 0.253 e. The average molecular weight is 310 g/mol. The van der Waals surface area contributed by atoms with Crippen LogP contribution in [0.2, 0.25) is 0 Å². The first-order chi connectivity index (χ1) is 6.93. The van der Waals surface area contributed by atoms with Crippen LogP contribution in [-0.4, -0.2) is 11.0 Å². The molecule has 1 rings (SSSR count). The predicted octanol–water partition coefficient (Wildman–Crippen LogP) is 3.70. The van der Waals surface area contributed by atoms with Gasteiger partial charge < -0.3 is 0 Å². The summed E-state index contributed by atoms with van der Waals surface area (Å²) < 4.78 is 0.534. The Morgan fingerprint density at radius 3 is 2.40 bits per heavy atom. The Kier molecular flexibility index (Phi) is 4.32. The molecule has 0 bridgehead atoms. The van der Waals surface area contributed by atoms with Crippen LogP contribution >= 0.6 is 39.1 Å². The number of hydrogen-bond donors (Lipinski definition) is 0. The van der Waals surface area contributed by atoms with Crippen molar-refractivity contribution in [3.63, 3.8) is 0 Å². The Morgan fingerprint density at radius 1 is 1.40 bits per heavy atom. The number of alkyl halides is 1. The van der Waals surface area contributed by atoms with Gasteiger partial charge in [0.05, 0.1) is 0 Å². The van der Waals surface area contributed by atoms with E-state index < -0.39 is 10.6 Å². The van der Waals surface area contributed by atoms with E-state index in [4.69, 9.17) is 23.2 Å². The number of rotatable bonds is 3. The van der Waals surface area contributed by atoms with Gasteiger partial charge in [0.25, 0.3) is 5.24 Å². The highest BCUT2D eigenvalue weighted by atomic mass is 79.9. The molecule has 0 fully saturated rings. The number of carbonyl (C=O) groups is 2. The zero-order valence-corrected chi connectivity index (χ0v) is 10.9. The average Bonchev–Trinajstić information content (AvgIpc) is 2.15. The van der Waals surface area contributed by atoms with Crippen molar-refractivity contribution in [3.05, 3.63) is 33.8 Å². The van der Waals surface area contributed by atoms with E-state index in [0.717, 1.165) is 0 Å². The molecular weight excluding hydrogens is 303 g/mol. The number of benzene rings is 1. The van der Waals surface area contributed by atoms with Crippen LogP contribution in [-0.2, 0) is 4.79 Å². The summed E-state index contributed by atoms with van der Waals surface area (Å²) in [4.78, 5) is 22.0. The maximum atomic E-state index is 11.0. The van der Waals surface area contributed by atoms with E-state index in [1.54, 1.807) is 12.1 Å². The Morgan fingerprint density at radius 2 is 2.00 bits per heavy atom. The summed E-state index contributed by atoms with van der Waals surface area (Å²) in [5, 5.41) is -1.25. The number of hydrogen-bond acceptors (Lipinski definition) is 2. The van der Waals surface area contributed by atoms with Crippen LogP contribution in [0.15, 0.2) is 22.7 Å². The second kappa shape index (κ2) is 5.10. The lowest BCUT2D eigenvalue weighted by atomic mass is 10.1. The third-order valence-corrected chi connectivity index (χ3v) is 3.27. The van der Waals surface area contributed by atoms with Gasteiger partial charge in [-0.05, 0) is 52.2 Å². The molecule has 80 valence electrons. The lowest BCUT2D eigenvalue weighted by Gasteiger charge is -2.07. The number of halogens is 3. The van der Waals surface area contributed by atoms with Gasteiger partial charge in [-0.1, -0.05) is 6.07 Å². The van der Waals surface area contributed by atoms with Gasteiger partial charge in [-0.15, -0.1) is 11.6 Å². The minimum absolute atomic E-state index is 0.145. The highest BCUT2D eigenvalue weighted by Gasteiger charge is 2.15. The minimum Gasteiger partial charge on any atom is -0.298 e. The molecule has 0 spiro atoms. The van der Waals surface area contributed by atoms with Crippen molar-refractivity contribution in [1.82, 2.24) is 0 Å². The molecule has 0 aliphatic rings. The summed E-state index contributed by atoms with van der Waals surface area (Å²) in [5.74, 6) is -0.145. The molecule has 0 amide bonds. The first-order valence-electron chi connectivity index (χ1n) is 4.07. The van der Waals surface area contributed by atoms with Crippen LogP contribution in [0.25, 0.3) is 0 Å². The SMILES string of the molecule is CC(=O)C(Cl)c1ccc(C(=O)Cl)c(Br)c1. The molecule has 1 aromatic rings. The van der Waals surface area contributed by atoms with Gasteiger partial charge in [-0.2, -0.15) is 0 Å². The van der Waals surface area contributed by atoms with Gasteiger partial charge in [-0.25, -0.2) is 0 Å². The second-order valence-corrected chi connectivity index (χ2v) is 4.62. The Hall–Kier alpha value is -0.380. The third-order valence-electron chi connectivity index (χ3n) is 1.85. The monoisotopic (exact) mass is 308 g/mol. The molecule has 15 heavy (non-hydrogen) atoms. The molecule has 0 heterocycles. The fourth-order valence-electron chi connectivity index (χ4n) is 1.08. The molecule has 0 aromatic heterocycles. The van der Waals surface area contributed by atoms with Gasteiger partial charge in [0, 0.05) is 10.0 Å². The van der Waals surface area contributed by atoms with Gasteiger partial charge in [0.2, 0.25) is 0 Å². The topological polar surface area (TPSA) is 34.1 Å². The first kappa shape index (κ1) is 12.7. The Bertz CT molecular complexity index is 418. The van der Waals surface area contributed by atoms with Gasteiger partial charge in [-0.3, -0.25) is 9.59 Å². The van der Waals surface area contributed by atoms with Gasteiger partial charge in [0.15, 0.2) is 5.78 Å². The molecule has 1 atom stereocenters. The maximum absolute atomic E-state index is 11.0. The second-order valence-electron chi connectivity index (χ2n) is 2.99. The minimum atomic E-state index is -0.694. The molecule has 0 N–H and O–H groups in total. The number of carbonyl (C=O) groups excluding carboxylic acids is 2. The molecule has 0 aliphatic carbocycles. The summed E-state index contributed by atoms with van der Waals surface area (Å²) in [6.07, 6.45) is 0. The zero-order valence-electron chi connectivity index (χ0n) is 7.76. The van der Waals surface area contributed by atoms with Crippen molar-refractivity contribution in [2.24, 2.45) is 0 Å². The van der Waals surface area contributed by atoms with Gasteiger partial charge >= 0.3 is 0 Å². The van der Waals surface area contributed by atoms with Gasteiger partial charge in [0.1, 0.15) is 5.38 Å². The normalized spacial score (nSPS) is 12.3. The lowest BCUT2D eigenvalue weighted by molar-refractivity contribution is -0.116. The van der Waals surface area contributed by atoms with Crippen LogP contribution in [0.5, 0.6) is 0 Å². The van der Waals surface area contributed by atoms with Crippen LogP contribution in [0, 0.1) is 0 Å². The molecule has 0 saturated heterocycles. The summed E-state index contributed by atoms with van der Waals surface area (Å²) in [7, 11) is 0. The van der Waals surface area contributed by atoms with E-state index >= 15 is 0 Å². The van der Waals surface area contributed by atoms with Crippen LogP contribution < -0.4 is 0 Å². The molecule has 1 unspecified atom stereocenters. The summed E-state index contributed by atoms with van der Waals surface area (Å²) in [6.45, 7) is 1.41. The van der Waals surface area contributed by atoms with Crippen molar-refractivity contribution in [3.8, 4) is 0 Å². The van der Waals surface area contributed by atoms with Crippen molar-refractivity contribution in [1.29, 1.82) is 0 Å². The number of ketones is 1. The van der Waals surface area contributed by atoms with Crippen molar-refractivity contribution >= 4 is 50.2 Å². The maximum Gasteiger partial charge on any atom is 0.253 e. The standard InChI is InChI=1S/C10H7BrCl2O2/c1-5(14)9(12)6-2-3-7(10(13)15)8(11)4-6/h2-4,9H,1H3. The fraction of sp³-hybridized carbons (Fsp3) is 0.200. The highest BCUT2D eigenvalue weighted by Crippen LogP contribution is 2.27. The largest absolute Gasteiger partial charge is 0.298 e. The van der Waals surface area contributed by atoms with E-state index in [1.165, 1.54) is 13.0 Å². The van der Waals surface area contributed by atoms with Crippen LogP contribution in [0.1, 0.15) is 28.2 Å². The molecule has 0 radical (unpaired) electrons. The van der Waals surface area contributed by atoms with Crippen molar-refractivity contribution in [2.75, 3.05) is 0 Å². The van der Waals surface area contributed by atoms with Crippen LogP contribution in [0.3, 0.4) is 0 Å². The van der Waals surface area contributed by atoms with Crippen molar-refractivity contribution in [2.45, 2.75) is 12.3 Å². The van der Waals surface area contributed by atoms with Crippen LogP contribution in [0.4, 0.5) is 0 Å². The van der Waals surface area contributed by atoms with E-state index in [1.807, 2.05) is 0 Å². The Balaban J connectivity index is 3.12. The summed E-state index contributed by atoms with van der Waals surface area (Å²) in [6, 6.07) is 4.77. The lowest BCUT2D eigenvalue weighted by Crippen LogP contribution is -2.02. The Labute approximate surface area is 106 Å². The first-order valence-corrected chi connectivity index (χ1v) is 5.68. The zero-order chi connectivity index (χ0) is 11.6. The highest BCUT2D eigenvalue weighted by molar-refractivity contribution is 9.10. The summed E-state index contributed by atoms with van der Waals surface area (Å²) in [5.41, 5.74) is 0.991. The molecule has 0 saturated carbocycles. The summed E-state index contributed by atoms with van der Waals surface area (Å²) >= 11 is 14.4. The molecular formula is C10H7BrCl2O2. The predicted molar refractivity (Wildman–Crippen MR) is 63.6 cm³/mol. The molecule has 5 heteroatoms. The van der Waals surface area contributed by atoms with E-state index in [9.17, 15) is 9.59 Å². The fourth-order valence-corrected chi connectivity index (χ4v) is 2.07. The quantitative estimate of drug-likeness (QED) is 0.630. The molecule has 0 aliphatic heterocycles. The molecule has 1 aromatic carbocycles. The number of Topliss-reactive ketones (excluding diaryl/α,β-unsaturated/α-hetero) is 1.